The molecule has 1 N–H and O–H groups in total. The fourth-order valence-electron chi connectivity index (χ4n) is 3.41. The van der Waals surface area contributed by atoms with Crippen LogP contribution in [0.5, 0.6) is 0 Å². The zero-order valence-corrected chi connectivity index (χ0v) is 19.0. The van der Waals surface area contributed by atoms with Gasteiger partial charge in [0.1, 0.15) is 0 Å². The Hall–Kier alpha value is -3.35. The molecule has 2 amide bonds. The minimum absolute atomic E-state index is 0.00409. The fourth-order valence-corrected chi connectivity index (χ4v) is 3.41. The predicted octanol–water partition coefficient (Wildman–Crippen LogP) is 6.67. The van der Waals surface area contributed by atoms with Gasteiger partial charge in [0.25, 0.3) is 0 Å². The summed E-state index contributed by atoms with van der Waals surface area (Å²) < 4.78 is 40.1. The molecule has 33 heavy (non-hydrogen) atoms. The second-order valence-corrected chi connectivity index (χ2v) is 8.91. The average molecular weight is 456 g/mol. The molecule has 174 valence electrons. The molecule has 2 aromatic carbocycles. The van der Waals surface area contributed by atoms with Crippen LogP contribution in [-0.2, 0) is 24.6 Å². The molecule has 0 fully saturated rings. The van der Waals surface area contributed by atoms with E-state index in [1.807, 2.05) is 36.4 Å². The highest BCUT2D eigenvalue weighted by molar-refractivity contribution is 5.90. The van der Waals surface area contributed by atoms with Gasteiger partial charge in [0.15, 0.2) is 0 Å². The summed E-state index contributed by atoms with van der Waals surface area (Å²) in [5, 5.41) is 2.46. The van der Waals surface area contributed by atoms with E-state index >= 15 is 0 Å². The first-order chi connectivity index (χ1) is 15.5. The average Bonchev–Trinajstić information content (AvgIpc) is 2.76. The minimum Gasteiger partial charge on any atom is -0.320 e. The molecule has 0 spiro atoms. The van der Waals surface area contributed by atoms with E-state index in [4.69, 9.17) is 0 Å². The summed E-state index contributed by atoms with van der Waals surface area (Å²) in [7, 11) is 0. The van der Waals surface area contributed by atoms with E-state index < -0.39 is 17.8 Å². The van der Waals surface area contributed by atoms with Gasteiger partial charge in [-0.2, -0.15) is 13.2 Å². The van der Waals surface area contributed by atoms with Gasteiger partial charge in [0, 0.05) is 31.4 Å². The summed E-state index contributed by atoms with van der Waals surface area (Å²) in [6, 6.07) is 17.8. The van der Waals surface area contributed by atoms with Gasteiger partial charge in [0.2, 0.25) is 0 Å². The van der Waals surface area contributed by atoms with E-state index in [-0.39, 0.29) is 17.6 Å². The summed E-state index contributed by atoms with van der Waals surface area (Å²) >= 11 is 0. The maximum Gasteiger partial charge on any atom is 0.418 e. The Morgan fingerprint density at radius 3 is 2.21 bits per heavy atom. The molecule has 0 atom stereocenters. The van der Waals surface area contributed by atoms with Crippen molar-refractivity contribution >= 4 is 11.7 Å². The highest BCUT2D eigenvalue weighted by Gasteiger charge is 2.34. The molecule has 3 rings (SSSR count). The second-order valence-electron chi connectivity index (χ2n) is 8.91. The number of benzene rings is 2. The van der Waals surface area contributed by atoms with Crippen LogP contribution in [0.25, 0.3) is 0 Å². The number of nitrogens with one attached hydrogen (secondary N) is 1. The monoisotopic (exact) mass is 455 g/mol. The van der Waals surface area contributed by atoms with E-state index in [1.54, 1.807) is 12.3 Å². The highest BCUT2D eigenvalue weighted by Crippen LogP contribution is 2.34. The Bertz CT molecular complexity index is 1060. The topological polar surface area (TPSA) is 45.2 Å². The Morgan fingerprint density at radius 1 is 0.939 bits per heavy atom. The zero-order chi connectivity index (χ0) is 24.1. The van der Waals surface area contributed by atoms with Crippen molar-refractivity contribution in [1.82, 2.24) is 9.88 Å². The van der Waals surface area contributed by atoms with Crippen molar-refractivity contribution < 1.29 is 18.0 Å². The molecule has 0 bridgehead atoms. The molecule has 0 aliphatic heterocycles. The van der Waals surface area contributed by atoms with Crippen LogP contribution in [0, 0.1) is 0 Å². The molecule has 7 heteroatoms. The lowest BCUT2D eigenvalue weighted by atomic mass is 9.87. The van der Waals surface area contributed by atoms with Gasteiger partial charge >= 0.3 is 12.2 Å². The van der Waals surface area contributed by atoms with Crippen LogP contribution < -0.4 is 5.32 Å². The van der Waals surface area contributed by atoms with E-state index in [9.17, 15) is 18.0 Å². The van der Waals surface area contributed by atoms with Gasteiger partial charge in [-0.25, -0.2) is 4.79 Å². The lowest BCUT2D eigenvalue weighted by molar-refractivity contribution is -0.136. The summed E-state index contributed by atoms with van der Waals surface area (Å²) in [4.78, 5) is 18.9. The van der Waals surface area contributed by atoms with Crippen LogP contribution in [0.4, 0.5) is 23.7 Å². The van der Waals surface area contributed by atoms with Crippen molar-refractivity contribution in [3.63, 3.8) is 0 Å². The molecule has 0 unspecified atom stereocenters. The lowest BCUT2D eigenvalue weighted by Gasteiger charge is -2.25. The third-order valence-corrected chi connectivity index (χ3v) is 5.32. The number of hydrogen-bond donors (Lipinski definition) is 1. The number of urea groups is 1. The van der Waals surface area contributed by atoms with Gasteiger partial charge in [-0.05, 0) is 40.8 Å². The maximum absolute atomic E-state index is 13.4. The van der Waals surface area contributed by atoms with E-state index in [1.165, 1.54) is 23.1 Å². The van der Waals surface area contributed by atoms with E-state index in [0.29, 0.717) is 13.0 Å². The number of aromatic nitrogens is 1. The molecule has 1 heterocycles. The largest absolute Gasteiger partial charge is 0.418 e. The number of alkyl halides is 3. The Balaban J connectivity index is 1.81. The SMILES string of the molecule is CC(C)(C)c1ccc(CN(CCc2ccccn2)C(=O)Nc2ccccc2C(F)(F)F)cc1. The van der Waals surface area contributed by atoms with Crippen molar-refractivity contribution in [2.24, 2.45) is 0 Å². The lowest BCUT2D eigenvalue weighted by Crippen LogP contribution is -2.36. The van der Waals surface area contributed by atoms with Crippen LogP contribution >= 0.6 is 0 Å². The number of carbonyl (C=O) groups is 1. The molecule has 4 nitrogen and oxygen atoms in total. The number of nitrogens with zero attached hydrogens (tertiary/aromatic N) is 2. The van der Waals surface area contributed by atoms with Crippen molar-refractivity contribution in [1.29, 1.82) is 0 Å². The van der Waals surface area contributed by atoms with Crippen molar-refractivity contribution in [3.05, 3.63) is 95.3 Å². The van der Waals surface area contributed by atoms with Gasteiger partial charge in [-0.15, -0.1) is 0 Å². The van der Waals surface area contributed by atoms with Crippen molar-refractivity contribution in [2.45, 2.75) is 45.3 Å². The molecule has 1 aromatic heterocycles. The van der Waals surface area contributed by atoms with Crippen LogP contribution in [0.1, 0.15) is 43.2 Å². The van der Waals surface area contributed by atoms with Crippen molar-refractivity contribution in [2.75, 3.05) is 11.9 Å². The number of amides is 2. The quantitative estimate of drug-likeness (QED) is 0.451. The van der Waals surface area contributed by atoms with E-state index in [2.05, 4.69) is 31.1 Å². The molecule has 0 saturated heterocycles. The number of carbonyl (C=O) groups excluding carboxylic acids is 1. The number of pyridine rings is 1. The summed E-state index contributed by atoms with van der Waals surface area (Å²) in [6.45, 7) is 6.92. The third-order valence-electron chi connectivity index (χ3n) is 5.32. The molecule has 0 saturated carbocycles. The molecular formula is C26H28F3N3O. The summed E-state index contributed by atoms with van der Waals surface area (Å²) in [6.07, 6.45) is -2.41. The Labute approximate surface area is 192 Å². The van der Waals surface area contributed by atoms with Crippen LogP contribution in [0.2, 0.25) is 0 Å². The molecule has 0 radical (unpaired) electrons. The zero-order valence-electron chi connectivity index (χ0n) is 19.0. The fraction of sp³-hybridized carbons (Fsp3) is 0.308. The van der Waals surface area contributed by atoms with Gasteiger partial charge in [-0.1, -0.05) is 63.2 Å². The first kappa shape index (κ1) is 24.3. The predicted molar refractivity (Wildman–Crippen MR) is 124 cm³/mol. The Morgan fingerprint density at radius 2 is 1.61 bits per heavy atom. The van der Waals surface area contributed by atoms with Crippen LogP contribution in [-0.4, -0.2) is 22.5 Å². The molecule has 0 aliphatic carbocycles. The molecular weight excluding hydrogens is 427 g/mol. The van der Waals surface area contributed by atoms with E-state index in [0.717, 1.165) is 22.9 Å². The van der Waals surface area contributed by atoms with Crippen molar-refractivity contribution in [3.8, 4) is 0 Å². The third kappa shape index (κ3) is 6.81. The Kier molecular flexibility index (Phi) is 7.41. The molecule has 3 aromatic rings. The number of hydrogen-bond acceptors (Lipinski definition) is 2. The number of rotatable bonds is 6. The second kappa shape index (κ2) is 10.1. The first-order valence-corrected chi connectivity index (χ1v) is 10.8. The number of anilines is 1. The van der Waals surface area contributed by atoms with Crippen LogP contribution in [0.15, 0.2) is 72.9 Å². The smallest absolute Gasteiger partial charge is 0.320 e. The number of halogens is 3. The minimum atomic E-state index is -4.56. The van der Waals surface area contributed by atoms with Crippen LogP contribution in [0.3, 0.4) is 0 Å². The number of para-hydroxylation sites is 1. The standard InChI is InChI=1S/C26H28F3N3O/c1-25(2,3)20-13-11-19(12-14-20)18-32(17-15-21-8-6-7-16-30-21)24(33)31-23-10-5-4-9-22(23)26(27,28)29/h4-14,16H,15,17-18H2,1-3H3,(H,31,33). The summed E-state index contributed by atoms with van der Waals surface area (Å²) in [5.74, 6) is 0. The normalized spacial score (nSPS) is 11.8. The van der Waals surface area contributed by atoms with Gasteiger partial charge in [0.05, 0.1) is 11.3 Å². The van der Waals surface area contributed by atoms with Gasteiger partial charge < -0.3 is 10.2 Å². The maximum atomic E-state index is 13.4. The summed E-state index contributed by atoms with van der Waals surface area (Å²) in [5.41, 5.74) is 1.71. The molecule has 0 aliphatic rings. The van der Waals surface area contributed by atoms with Gasteiger partial charge in [-0.3, -0.25) is 4.98 Å². The first-order valence-electron chi connectivity index (χ1n) is 10.8. The highest BCUT2D eigenvalue weighted by atomic mass is 19.4.